The largest absolute Gasteiger partial charge is 0.348 e. The minimum Gasteiger partial charge on any atom is -0.348 e. The third-order valence-corrected chi connectivity index (χ3v) is 3.86. The summed E-state index contributed by atoms with van der Waals surface area (Å²) in [6, 6.07) is 10.6. The molecule has 0 aliphatic heterocycles. The van der Waals surface area contributed by atoms with E-state index >= 15 is 0 Å². The second kappa shape index (κ2) is 7.74. The summed E-state index contributed by atoms with van der Waals surface area (Å²) in [5.41, 5.74) is 1.77. The van der Waals surface area contributed by atoms with Gasteiger partial charge in [0, 0.05) is 25.0 Å². The van der Waals surface area contributed by atoms with Gasteiger partial charge in [-0.3, -0.25) is 4.79 Å². The average Bonchev–Trinajstić information content (AvgIpc) is 3.05. The summed E-state index contributed by atoms with van der Waals surface area (Å²) in [5, 5.41) is 2.69. The number of nitrogens with zero attached hydrogens (tertiary/aromatic N) is 2. The van der Waals surface area contributed by atoms with Gasteiger partial charge in [-0.15, -0.1) is 0 Å². The fraction of sp³-hybridized carbons (Fsp3) is 0.100. The lowest BCUT2D eigenvalue weighted by atomic mass is 10.2. The van der Waals surface area contributed by atoms with Gasteiger partial charge in [-0.25, -0.2) is 13.8 Å². The highest BCUT2D eigenvalue weighted by molar-refractivity contribution is 5.91. The van der Waals surface area contributed by atoms with Crippen LogP contribution in [0.4, 0.5) is 8.78 Å². The van der Waals surface area contributed by atoms with Crippen LogP contribution in [0.3, 0.4) is 0 Å². The number of aryl methyl sites for hydroxylation is 1. The minimum atomic E-state index is -0.389. The van der Waals surface area contributed by atoms with Crippen molar-refractivity contribution in [3.05, 3.63) is 89.5 Å². The molecule has 0 fully saturated rings. The number of carbonyl (C=O) groups is 1. The number of benzene rings is 2. The Morgan fingerprint density at radius 1 is 1.19 bits per heavy atom. The molecule has 6 heteroatoms. The molecule has 0 aliphatic rings. The Bertz CT molecular complexity index is 946. The molecule has 2 aromatic carbocycles. The Labute approximate surface area is 149 Å². The van der Waals surface area contributed by atoms with Crippen LogP contribution in [0.25, 0.3) is 11.8 Å². The molecular formula is C20H17F2N3O. The average molecular weight is 353 g/mol. The van der Waals surface area contributed by atoms with Gasteiger partial charge in [-0.2, -0.15) is 0 Å². The van der Waals surface area contributed by atoms with E-state index in [9.17, 15) is 13.6 Å². The van der Waals surface area contributed by atoms with Crippen LogP contribution in [0.1, 0.15) is 17.0 Å². The number of hydrogen-bond acceptors (Lipinski definition) is 2. The molecule has 0 bridgehead atoms. The van der Waals surface area contributed by atoms with Crippen molar-refractivity contribution in [2.24, 2.45) is 0 Å². The molecule has 132 valence electrons. The molecule has 26 heavy (non-hydrogen) atoms. The SMILES string of the molecule is Cc1nccn1-c1ccc(CNC(=O)/C=C/c2ccc(F)cc2)cc1F. The number of nitrogens with one attached hydrogen (secondary N) is 1. The molecule has 1 amide bonds. The van der Waals surface area contributed by atoms with Crippen LogP contribution in [-0.2, 0) is 11.3 Å². The van der Waals surface area contributed by atoms with Gasteiger partial charge in [0.05, 0.1) is 5.69 Å². The first-order valence-electron chi connectivity index (χ1n) is 8.03. The number of aromatic nitrogens is 2. The van der Waals surface area contributed by atoms with Gasteiger partial charge in [0.1, 0.15) is 17.5 Å². The third-order valence-electron chi connectivity index (χ3n) is 3.86. The van der Waals surface area contributed by atoms with Crippen LogP contribution in [-0.4, -0.2) is 15.5 Å². The highest BCUT2D eigenvalue weighted by Crippen LogP contribution is 2.16. The standard InChI is InChI=1S/C20H17F2N3O/c1-14-23-10-11-25(14)19-8-4-16(12-18(19)22)13-24-20(26)9-5-15-2-6-17(21)7-3-15/h2-12H,13H2,1H3,(H,24,26)/b9-5+. The first-order chi connectivity index (χ1) is 12.5. The number of hydrogen-bond donors (Lipinski definition) is 1. The zero-order valence-electron chi connectivity index (χ0n) is 14.1. The Balaban J connectivity index is 1.61. The van der Waals surface area contributed by atoms with E-state index < -0.39 is 0 Å². The molecule has 0 spiro atoms. The number of amides is 1. The molecule has 1 heterocycles. The lowest BCUT2D eigenvalue weighted by Crippen LogP contribution is -2.20. The molecular weight excluding hydrogens is 336 g/mol. The van der Waals surface area contributed by atoms with Crippen molar-refractivity contribution >= 4 is 12.0 Å². The monoisotopic (exact) mass is 353 g/mol. The van der Waals surface area contributed by atoms with Crippen LogP contribution in [0, 0.1) is 18.6 Å². The Morgan fingerprint density at radius 3 is 2.62 bits per heavy atom. The van der Waals surface area contributed by atoms with E-state index in [4.69, 9.17) is 0 Å². The van der Waals surface area contributed by atoms with Crippen LogP contribution in [0.2, 0.25) is 0 Å². The molecule has 0 radical (unpaired) electrons. The third kappa shape index (κ3) is 4.22. The minimum absolute atomic E-state index is 0.201. The summed E-state index contributed by atoms with van der Waals surface area (Å²) in [5.74, 6) is -0.345. The maximum Gasteiger partial charge on any atom is 0.244 e. The van der Waals surface area contributed by atoms with E-state index in [0.717, 1.165) is 0 Å². The molecule has 1 N–H and O–H groups in total. The highest BCUT2D eigenvalue weighted by atomic mass is 19.1. The Kier molecular flexibility index (Phi) is 5.22. The van der Waals surface area contributed by atoms with E-state index in [1.807, 2.05) is 0 Å². The zero-order valence-corrected chi connectivity index (χ0v) is 14.1. The predicted molar refractivity (Wildman–Crippen MR) is 95.5 cm³/mol. The summed E-state index contributed by atoms with van der Waals surface area (Å²) >= 11 is 0. The van der Waals surface area contributed by atoms with Crippen molar-refractivity contribution in [1.82, 2.24) is 14.9 Å². The van der Waals surface area contributed by atoms with Crippen molar-refractivity contribution < 1.29 is 13.6 Å². The normalized spacial score (nSPS) is 11.0. The summed E-state index contributed by atoms with van der Waals surface area (Å²) in [4.78, 5) is 15.9. The summed E-state index contributed by atoms with van der Waals surface area (Å²) in [6.45, 7) is 1.99. The predicted octanol–water partition coefficient (Wildman–Crippen LogP) is 3.79. The van der Waals surface area contributed by atoms with Gasteiger partial charge in [0.25, 0.3) is 0 Å². The molecule has 0 saturated heterocycles. The maximum atomic E-state index is 14.3. The van der Waals surface area contributed by atoms with E-state index in [1.165, 1.54) is 24.3 Å². The molecule has 3 rings (SSSR count). The van der Waals surface area contributed by atoms with E-state index in [1.54, 1.807) is 54.2 Å². The van der Waals surface area contributed by atoms with Gasteiger partial charge < -0.3 is 9.88 Å². The molecule has 0 unspecified atom stereocenters. The molecule has 0 atom stereocenters. The van der Waals surface area contributed by atoms with Crippen LogP contribution >= 0.6 is 0 Å². The highest BCUT2D eigenvalue weighted by Gasteiger charge is 2.08. The lowest BCUT2D eigenvalue weighted by Gasteiger charge is -2.09. The first-order valence-corrected chi connectivity index (χ1v) is 8.03. The Morgan fingerprint density at radius 2 is 1.96 bits per heavy atom. The Hall–Kier alpha value is -3.28. The van der Waals surface area contributed by atoms with Crippen LogP contribution in [0.15, 0.2) is 60.9 Å². The number of carbonyl (C=O) groups excluding carboxylic acids is 1. The summed E-state index contributed by atoms with van der Waals surface area (Å²) < 4.78 is 28.8. The maximum absolute atomic E-state index is 14.3. The number of rotatable bonds is 5. The molecule has 3 aromatic rings. The molecule has 0 aliphatic carbocycles. The molecule has 4 nitrogen and oxygen atoms in total. The molecule has 0 saturated carbocycles. The van der Waals surface area contributed by atoms with Crippen LogP contribution in [0.5, 0.6) is 0 Å². The quantitative estimate of drug-likeness (QED) is 0.710. The van der Waals surface area contributed by atoms with Crippen molar-refractivity contribution in [1.29, 1.82) is 0 Å². The van der Waals surface area contributed by atoms with Crippen molar-refractivity contribution in [3.63, 3.8) is 0 Å². The van der Waals surface area contributed by atoms with Gasteiger partial charge >= 0.3 is 0 Å². The van der Waals surface area contributed by atoms with E-state index in [-0.39, 0.29) is 24.1 Å². The van der Waals surface area contributed by atoms with Gasteiger partial charge in [0.15, 0.2) is 0 Å². The summed E-state index contributed by atoms with van der Waals surface area (Å²) in [6.07, 6.45) is 6.24. The number of halogens is 2. The fourth-order valence-electron chi connectivity index (χ4n) is 2.48. The van der Waals surface area contributed by atoms with Crippen molar-refractivity contribution in [2.75, 3.05) is 0 Å². The smallest absolute Gasteiger partial charge is 0.244 e. The lowest BCUT2D eigenvalue weighted by molar-refractivity contribution is -0.116. The summed E-state index contributed by atoms with van der Waals surface area (Å²) in [7, 11) is 0. The fourth-order valence-corrected chi connectivity index (χ4v) is 2.48. The second-order valence-electron chi connectivity index (χ2n) is 5.73. The van der Waals surface area contributed by atoms with Gasteiger partial charge in [-0.1, -0.05) is 18.2 Å². The van der Waals surface area contributed by atoms with Gasteiger partial charge in [-0.05, 0) is 48.4 Å². The van der Waals surface area contributed by atoms with Gasteiger partial charge in [0.2, 0.25) is 5.91 Å². The second-order valence-corrected chi connectivity index (χ2v) is 5.73. The van der Waals surface area contributed by atoms with Crippen LogP contribution < -0.4 is 5.32 Å². The topological polar surface area (TPSA) is 46.9 Å². The van der Waals surface area contributed by atoms with E-state index in [0.29, 0.717) is 22.6 Å². The first kappa shape index (κ1) is 17.5. The number of imidazole rings is 1. The van der Waals surface area contributed by atoms with E-state index in [2.05, 4.69) is 10.3 Å². The zero-order chi connectivity index (χ0) is 18.5. The van der Waals surface area contributed by atoms with Crippen molar-refractivity contribution in [2.45, 2.75) is 13.5 Å². The van der Waals surface area contributed by atoms with Crippen molar-refractivity contribution in [3.8, 4) is 5.69 Å². The molecule has 1 aromatic heterocycles.